The zero-order valence-electron chi connectivity index (χ0n) is 16.4. The highest BCUT2D eigenvalue weighted by molar-refractivity contribution is 6.01. The van der Waals surface area contributed by atoms with E-state index in [-0.39, 0.29) is 23.2 Å². The Morgan fingerprint density at radius 3 is 2.33 bits per heavy atom. The van der Waals surface area contributed by atoms with Crippen LogP contribution in [0.4, 0.5) is 10.5 Å². The molecule has 3 amide bonds. The first-order valence-corrected chi connectivity index (χ1v) is 10.4. The maximum absolute atomic E-state index is 12.8. The van der Waals surface area contributed by atoms with Crippen LogP contribution in [0.15, 0.2) is 6.20 Å². The van der Waals surface area contributed by atoms with Crippen molar-refractivity contribution < 1.29 is 9.59 Å². The van der Waals surface area contributed by atoms with Crippen LogP contribution in [0.3, 0.4) is 0 Å². The highest BCUT2D eigenvalue weighted by Crippen LogP contribution is 2.55. The van der Waals surface area contributed by atoms with Crippen LogP contribution < -0.4 is 16.0 Å². The van der Waals surface area contributed by atoms with Gasteiger partial charge >= 0.3 is 6.03 Å². The topological polar surface area (TPSA) is 88.1 Å². The monoisotopic (exact) mass is 373 g/mol. The first kappa shape index (κ1) is 18.3. The third-order valence-corrected chi connectivity index (χ3v) is 6.50. The van der Waals surface area contributed by atoms with E-state index in [0.29, 0.717) is 18.8 Å². The predicted molar refractivity (Wildman–Crippen MR) is 104 cm³/mol. The van der Waals surface area contributed by atoms with Gasteiger partial charge in [-0.15, -0.1) is 0 Å². The minimum absolute atomic E-state index is 0.0514. The molecule has 0 aliphatic heterocycles. The molecule has 4 bridgehead atoms. The second-order valence-electron chi connectivity index (χ2n) is 8.78. The number of nitrogens with zero attached hydrogens (tertiary/aromatic N) is 2. The molecule has 4 aliphatic rings. The molecule has 0 unspecified atom stereocenters. The molecule has 1 heterocycles. The van der Waals surface area contributed by atoms with Crippen molar-refractivity contribution >= 4 is 17.6 Å². The van der Waals surface area contributed by atoms with Gasteiger partial charge in [0, 0.05) is 24.8 Å². The number of aromatic nitrogens is 2. The highest BCUT2D eigenvalue weighted by atomic mass is 16.2. The van der Waals surface area contributed by atoms with Gasteiger partial charge in [-0.3, -0.25) is 9.48 Å². The van der Waals surface area contributed by atoms with E-state index in [9.17, 15) is 9.59 Å². The summed E-state index contributed by atoms with van der Waals surface area (Å²) in [7, 11) is 0. The molecule has 4 aliphatic carbocycles. The fourth-order valence-corrected chi connectivity index (χ4v) is 5.82. The molecule has 0 saturated heterocycles. The molecule has 5 rings (SSSR count). The van der Waals surface area contributed by atoms with Gasteiger partial charge in [0.1, 0.15) is 0 Å². The molecule has 27 heavy (non-hydrogen) atoms. The van der Waals surface area contributed by atoms with Crippen molar-refractivity contribution in [3.8, 4) is 0 Å². The summed E-state index contributed by atoms with van der Waals surface area (Å²) in [4.78, 5) is 25.2. The van der Waals surface area contributed by atoms with Crippen molar-refractivity contribution in [3.63, 3.8) is 0 Å². The summed E-state index contributed by atoms with van der Waals surface area (Å²) in [6.45, 7) is 5.20. The van der Waals surface area contributed by atoms with Crippen LogP contribution in [0, 0.1) is 17.8 Å². The van der Waals surface area contributed by atoms with E-state index < -0.39 is 0 Å². The van der Waals surface area contributed by atoms with Crippen LogP contribution >= 0.6 is 0 Å². The van der Waals surface area contributed by atoms with E-state index in [1.54, 1.807) is 10.9 Å². The molecule has 1 aromatic heterocycles. The van der Waals surface area contributed by atoms with Gasteiger partial charge < -0.3 is 16.0 Å². The Bertz CT molecular complexity index is 691. The number of aryl methyl sites for hydroxylation is 1. The molecule has 7 heteroatoms. The van der Waals surface area contributed by atoms with Crippen LogP contribution in [0.1, 0.15) is 69.3 Å². The third kappa shape index (κ3) is 3.69. The third-order valence-electron chi connectivity index (χ3n) is 6.50. The molecule has 0 aromatic carbocycles. The summed E-state index contributed by atoms with van der Waals surface area (Å²) in [5.41, 5.74) is 0.711. The molecular weight excluding hydrogens is 342 g/mol. The van der Waals surface area contributed by atoms with Crippen molar-refractivity contribution in [1.29, 1.82) is 0 Å². The Kier molecular flexibility index (Phi) is 4.86. The van der Waals surface area contributed by atoms with Gasteiger partial charge in [0.05, 0.1) is 5.69 Å². The zero-order chi connectivity index (χ0) is 19.0. The number of urea groups is 1. The normalized spacial score (nSPS) is 31.0. The SMILES string of the molecule is CCCNC(=O)c1nn(CC)cc1NC(=O)NC12CC3CC(CC(C3)C1)C2. The van der Waals surface area contributed by atoms with Gasteiger partial charge in [0.25, 0.3) is 5.91 Å². The van der Waals surface area contributed by atoms with Crippen molar-refractivity contribution in [2.75, 3.05) is 11.9 Å². The van der Waals surface area contributed by atoms with E-state index in [2.05, 4.69) is 21.0 Å². The molecule has 1 aromatic rings. The first-order chi connectivity index (χ1) is 13.0. The lowest BCUT2D eigenvalue weighted by Crippen LogP contribution is -2.60. The number of rotatable bonds is 6. The fraction of sp³-hybridized carbons (Fsp3) is 0.750. The molecule has 4 fully saturated rings. The Labute approximate surface area is 160 Å². The van der Waals surface area contributed by atoms with Crippen LogP contribution in [-0.4, -0.2) is 33.8 Å². The Balaban J connectivity index is 1.45. The predicted octanol–water partition coefficient (Wildman–Crippen LogP) is 3.13. The second-order valence-corrected chi connectivity index (χ2v) is 8.78. The van der Waals surface area contributed by atoms with Crippen molar-refractivity contribution in [3.05, 3.63) is 11.9 Å². The van der Waals surface area contributed by atoms with Crippen LogP contribution in [0.25, 0.3) is 0 Å². The summed E-state index contributed by atoms with van der Waals surface area (Å²) >= 11 is 0. The van der Waals surface area contributed by atoms with Crippen LogP contribution in [-0.2, 0) is 6.54 Å². The maximum Gasteiger partial charge on any atom is 0.319 e. The number of hydrogen-bond acceptors (Lipinski definition) is 3. The molecule has 0 radical (unpaired) electrons. The minimum Gasteiger partial charge on any atom is -0.351 e. The van der Waals surface area contributed by atoms with Gasteiger partial charge in [-0.2, -0.15) is 5.10 Å². The summed E-state index contributed by atoms with van der Waals surface area (Å²) < 4.78 is 1.68. The number of hydrogen-bond donors (Lipinski definition) is 3. The van der Waals surface area contributed by atoms with Crippen molar-refractivity contribution in [2.24, 2.45) is 17.8 Å². The summed E-state index contributed by atoms with van der Waals surface area (Å²) in [5.74, 6) is 2.08. The number of carbonyl (C=O) groups is 2. The average molecular weight is 374 g/mol. The van der Waals surface area contributed by atoms with E-state index in [1.807, 2.05) is 13.8 Å². The largest absolute Gasteiger partial charge is 0.351 e. The van der Waals surface area contributed by atoms with Crippen LogP contribution in [0.5, 0.6) is 0 Å². The van der Waals surface area contributed by atoms with Gasteiger partial charge in [-0.1, -0.05) is 6.92 Å². The van der Waals surface area contributed by atoms with Gasteiger partial charge in [-0.05, 0) is 69.6 Å². The van der Waals surface area contributed by atoms with Crippen LogP contribution in [0.2, 0.25) is 0 Å². The van der Waals surface area contributed by atoms with E-state index in [1.165, 1.54) is 19.3 Å². The summed E-state index contributed by atoms with van der Waals surface area (Å²) in [6, 6.07) is -0.211. The molecule has 148 valence electrons. The van der Waals surface area contributed by atoms with E-state index in [4.69, 9.17) is 0 Å². The molecule has 0 atom stereocenters. The van der Waals surface area contributed by atoms with Crippen molar-refractivity contribution in [2.45, 2.75) is 70.9 Å². The second kappa shape index (κ2) is 7.17. The molecule has 4 saturated carbocycles. The smallest absolute Gasteiger partial charge is 0.319 e. The zero-order valence-corrected chi connectivity index (χ0v) is 16.4. The standard InChI is InChI=1S/C20H31N5O2/c1-3-5-21-18(26)17-16(12-25(4-2)24-17)22-19(27)23-20-9-13-6-14(10-20)8-15(7-13)11-20/h12-15H,3-11H2,1-2H3,(H,21,26)(H2,22,23,27). The average Bonchev–Trinajstić information content (AvgIpc) is 3.00. The Morgan fingerprint density at radius 2 is 1.78 bits per heavy atom. The Hall–Kier alpha value is -2.05. The maximum atomic E-state index is 12.8. The number of carbonyl (C=O) groups excluding carboxylic acids is 2. The Morgan fingerprint density at radius 1 is 1.15 bits per heavy atom. The quantitative estimate of drug-likeness (QED) is 0.716. The van der Waals surface area contributed by atoms with E-state index >= 15 is 0 Å². The van der Waals surface area contributed by atoms with Gasteiger partial charge in [-0.25, -0.2) is 4.79 Å². The lowest BCUT2D eigenvalue weighted by molar-refractivity contribution is -0.0127. The lowest BCUT2D eigenvalue weighted by Gasteiger charge is -2.56. The minimum atomic E-state index is -0.242. The van der Waals surface area contributed by atoms with E-state index in [0.717, 1.165) is 43.4 Å². The lowest BCUT2D eigenvalue weighted by atomic mass is 9.53. The highest BCUT2D eigenvalue weighted by Gasteiger charge is 2.51. The summed E-state index contributed by atoms with van der Waals surface area (Å²) in [5, 5.41) is 13.4. The number of nitrogens with one attached hydrogen (secondary N) is 3. The molecule has 0 spiro atoms. The molecule has 7 nitrogen and oxygen atoms in total. The van der Waals surface area contributed by atoms with Gasteiger partial charge in [0.15, 0.2) is 5.69 Å². The number of anilines is 1. The van der Waals surface area contributed by atoms with Crippen molar-refractivity contribution in [1.82, 2.24) is 20.4 Å². The fourth-order valence-electron chi connectivity index (χ4n) is 5.82. The first-order valence-electron chi connectivity index (χ1n) is 10.4. The molecule has 3 N–H and O–H groups in total. The molecular formula is C20H31N5O2. The number of amides is 3. The van der Waals surface area contributed by atoms with Gasteiger partial charge in [0.2, 0.25) is 0 Å². The summed E-state index contributed by atoms with van der Waals surface area (Å²) in [6.07, 6.45) is 9.92.